The van der Waals surface area contributed by atoms with Gasteiger partial charge in [0.05, 0.1) is 16.9 Å². The van der Waals surface area contributed by atoms with Crippen molar-refractivity contribution in [2.75, 3.05) is 13.1 Å². The lowest BCUT2D eigenvalue weighted by Crippen LogP contribution is -2.37. The zero-order valence-electron chi connectivity index (χ0n) is 14.2. The number of nitrogens with one attached hydrogen (secondary N) is 1. The Balaban J connectivity index is 1.60. The van der Waals surface area contributed by atoms with Gasteiger partial charge < -0.3 is 4.98 Å². The number of fused-ring (bicyclic) bond motifs is 1. The van der Waals surface area contributed by atoms with E-state index in [4.69, 9.17) is 0 Å². The number of H-pyrrole nitrogens is 1. The molecule has 0 saturated carbocycles. The maximum absolute atomic E-state index is 12.3. The molecule has 6 nitrogen and oxygen atoms in total. The van der Waals surface area contributed by atoms with Crippen LogP contribution in [0, 0.1) is 0 Å². The van der Waals surface area contributed by atoms with Gasteiger partial charge in [-0.1, -0.05) is 12.1 Å². The third-order valence-corrected chi connectivity index (χ3v) is 5.05. The van der Waals surface area contributed by atoms with Crippen LogP contribution in [0.4, 0.5) is 0 Å². The third kappa shape index (κ3) is 3.17. The van der Waals surface area contributed by atoms with Crippen molar-refractivity contribution >= 4 is 10.9 Å². The van der Waals surface area contributed by atoms with Crippen molar-refractivity contribution in [3.8, 4) is 0 Å². The molecule has 0 unspecified atom stereocenters. The van der Waals surface area contributed by atoms with Crippen LogP contribution in [0.5, 0.6) is 0 Å². The molecule has 6 heteroatoms. The summed E-state index contributed by atoms with van der Waals surface area (Å²) < 4.78 is 0. The summed E-state index contributed by atoms with van der Waals surface area (Å²) >= 11 is 0. The van der Waals surface area contributed by atoms with Crippen molar-refractivity contribution in [1.82, 2.24) is 24.8 Å². The lowest BCUT2D eigenvalue weighted by Gasteiger charge is -2.36. The van der Waals surface area contributed by atoms with E-state index in [9.17, 15) is 4.79 Å². The van der Waals surface area contributed by atoms with E-state index in [0.717, 1.165) is 43.0 Å². The molecule has 0 aliphatic carbocycles. The van der Waals surface area contributed by atoms with Gasteiger partial charge in [0.25, 0.3) is 5.56 Å². The fraction of sp³-hybridized carbons (Fsp3) is 0.368. The molecule has 1 aliphatic heterocycles. The normalized spacial score (nSPS) is 19.8. The highest BCUT2D eigenvalue weighted by Gasteiger charge is 2.27. The summed E-state index contributed by atoms with van der Waals surface area (Å²) in [5.41, 5.74) is 1.76. The number of likely N-dealkylation sites (tertiary alicyclic amines) is 1. The first-order chi connectivity index (χ1) is 12.2. The highest BCUT2D eigenvalue weighted by atomic mass is 16.1. The van der Waals surface area contributed by atoms with Gasteiger partial charge in [-0.25, -0.2) is 15.0 Å². The quantitative estimate of drug-likeness (QED) is 0.796. The maximum Gasteiger partial charge on any atom is 0.258 e. The summed E-state index contributed by atoms with van der Waals surface area (Å²) in [7, 11) is 0. The first-order valence-electron chi connectivity index (χ1n) is 8.71. The smallest absolute Gasteiger partial charge is 0.258 e. The van der Waals surface area contributed by atoms with Crippen LogP contribution in [-0.4, -0.2) is 37.9 Å². The minimum absolute atomic E-state index is 0.0574. The van der Waals surface area contributed by atoms with Gasteiger partial charge in [-0.2, -0.15) is 0 Å². The Morgan fingerprint density at radius 2 is 2.16 bits per heavy atom. The molecule has 1 N–H and O–H groups in total. The zero-order chi connectivity index (χ0) is 17.2. The van der Waals surface area contributed by atoms with Crippen molar-refractivity contribution in [1.29, 1.82) is 0 Å². The number of aromatic amines is 1. The van der Waals surface area contributed by atoms with E-state index in [1.165, 1.54) is 0 Å². The predicted octanol–water partition coefficient (Wildman–Crippen LogP) is 2.65. The van der Waals surface area contributed by atoms with Crippen LogP contribution in [0.1, 0.15) is 43.2 Å². The van der Waals surface area contributed by atoms with Crippen LogP contribution >= 0.6 is 0 Å². The number of nitrogens with zero attached hydrogens (tertiary/aromatic N) is 4. The molecule has 2 aromatic heterocycles. The monoisotopic (exact) mass is 335 g/mol. The number of rotatable bonds is 3. The Hall–Kier alpha value is -2.60. The summed E-state index contributed by atoms with van der Waals surface area (Å²) in [5.74, 6) is 1.12. The lowest BCUT2D eigenvalue weighted by atomic mass is 9.93. The van der Waals surface area contributed by atoms with Crippen LogP contribution in [0.3, 0.4) is 0 Å². The molecule has 3 aromatic rings. The second-order valence-corrected chi connectivity index (χ2v) is 6.61. The molecular weight excluding hydrogens is 314 g/mol. The summed E-state index contributed by atoms with van der Waals surface area (Å²) in [5, 5.41) is 0.635. The second-order valence-electron chi connectivity index (χ2n) is 6.61. The summed E-state index contributed by atoms with van der Waals surface area (Å²) in [6.07, 6.45) is 5.64. The molecule has 25 heavy (non-hydrogen) atoms. The summed E-state index contributed by atoms with van der Waals surface area (Å²) in [4.78, 5) is 30.8. The van der Waals surface area contributed by atoms with Crippen molar-refractivity contribution < 1.29 is 0 Å². The highest BCUT2D eigenvalue weighted by molar-refractivity contribution is 5.77. The van der Waals surface area contributed by atoms with E-state index in [1.54, 1.807) is 12.5 Å². The number of para-hydroxylation sites is 1. The Morgan fingerprint density at radius 3 is 3.00 bits per heavy atom. The van der Waals surface area contributed by atoms with Gasteiger partial charge in [-0.15, -0.1) is 0 Å². The molecule has 1 aliphatic rings. The molecule has 0 bridgehead atoms. The van der Waals surface area contributed by atoms with E-state index < -0.39 is 0 Å². The molecule has 0 spiro atoms. The minimum Gasteiger partial charge on any atom is -0.309 e. The van der Waals surface area contributed by atoms with E-state index in [-0.39, 0.29) is 11.6 Å². The first kappa shape index (κ1) is 15.9. The number of benzene rings is 1. The SMILES string of the molecule is C[C@@H](c1nc2ccccc2c(=O)[nH]1)N1CCC[C@H](c2ccncn2)C1. The van der Waals surface area contributed by atoms with E-state index in [1.807, 2.05) is 30.3 Å². The highest BCUT2D eigenvalue weighted by Crippen LogP contribution is 2.30. The van der Waals surface area contributed by atoms with Crippen LogP contribution in [0.15, 0.2) is 47.7 Å². The number of piperidine rings is 1. The summed E-state index contributed by atoms with van der Waals surface area (Å²) in [6, 6.07) is 9.52. The van der Waals surface area contributed by atoms with Crippen molar-refractivity contribution in [3.05, 3.63) is 64.7 Å². The van der Waals surface area contributed by atoms with Crippen LogP contribution < -0.4 is 5.56 Å². The van der Waals surface area contributed by atoms with Gasteiger partial charge in [-0.3, -0.25) is 9.69 Å². The maximum atomic E-state index is 12.3. The van der Waals surface area contributed by atoms with Gasteiger partial charge >= 0.3 is 0 Å². The molecule has 0 amide bonds. The standard InChI is InChI=1S/C19H21N5O/c1-13(18-22-17-7-3-2-6-15(17)19(25)23-18)24-10-4-5-14(11-24)16-8-9-20-12-21-16/h2-3,6-9,12-14H,4-5,10-11H2,1H3,(H,22,23,25)/t13-,14-/m0/s1. The third-order valence-electron chi connectivity index (χ3n) is 5.05. The van der Waals surface area contributed by atoms with Gasteiger partial charge in [0, 0.05) is 24.4 Å². The van der Waals surface area contributed by atoms with Crippen LogP contribution in [0.25, 0.3) is 10.9 Å². The molecule has 128 valence electrons. The molecule has 4 rings (SSSR count). The lowest BCUT2D eigenvalue weighted by molar-refractivity contribution is 0.151. The zero-order valence-corrected chi connectivity index (χ0v) is 14.2. The van der Waals surface area contributed by atoms with E-state index >= 15 is 0 Å². The van der Waals surface area contributed by atoms with Crippen LogP contribution in [-0.2, 0) is 0 Å². The Kier molecular flexibility index (Phi) is 4.28. The fourth-order valence-corrected chi connectivity index (χ4v) is 3.62. The Morgan fingerprint density at radius 1 is 1.28 bits per heavy atom. The van der Waals surface area contributed by atoms with Gasteiger partial charge in [-0.05, 0) is 44.5 Å². The van der Waals surface area contributed by atoms with Crippen molar-refractivity contribution in [2.45, 2.75) is 31.7 Å². The number of hydrogen-bond donors (Lipinski definition) is 1. The first-order valence-corrected chi connectivity index (χ1v) is 8.71. The number of hydrogen-bond acceptors (Lipinski definition) is 5. The predicted molar refractivity (Wildman–Crippen MR) is 96.4 cm³/mol. The molecule has 3 heterocycles. The van der Waals surface area contributed by atoms with Crippen molar-refractivity contribution in [3.63, 3.8) is 0 Å². The van der Waals surface area contributed by atoms with Crippen LogP contribution in [0.2, 0.25) is 0 Å². The second kappa shape index (κ2) is 6.72. The molecule has 1 saturated heterocycles. The van der Waals surface area contributed by atoms with E-state index in [0.29, 0.717) is 11.3 Å². The Bertz CT molecular complexity index is 924. The molecule has 0 radical (unpaired) electrons. The summed E-state index contributed by atoms with van der Waals surface area (Å²) in [6.45, 7) is 4.02. The fourth-order valence-electron chi connectivity index (χ4n) is 3.62. The van der Waals surface area contributed by atoms with Crippen molar-refractivity contribution in [2.24, 2.45) is 0 Å². The minimum atomic E-state index is -0.0724. The molecule has 1 aromatic carbocycles. The molecule has 1 fully saturated rings. The van der Waals surface area contributed by atoms with Gasteiger partial charge in [0.1, 0.15) is 12.2 Å². The average molecular weight is 335 g/mol. The number of aromatic nitrogens is 4. The Labute approximate surface area is 146 Å². The molecule has 2 atom stereocenters. The average Bonchev–Trinajstić information content (AvgIpc) is 2.68. The largest absolute Gasteiger partial charge is 0.309 e. The van der Waals surface area contributed by atoms with E-state index in [2.05, 4.69) is 31.8 Å². The van der Waals surface area contributed by atoms with Gasteiger partial charge in [0.15, 0.2) is 0 Å². The van der Waals surface area contributed by atoms with Gasteiger partial charge in [0.2, 0.25) is 0 Å². The molecular formula is C19H21N5O. The topological polar surface area (TPSA) is 74.8 Å².